The summed E-state index contributed by atoms with van der Waals surface area (Å²) >= 11 is 9.06. The van der Waals surface area contributed by atoms with Crippen molar-refractivity contribution in [1.29, 1.82) is 0 Å². The van der Waals surface area contributed by atoms with E-state index in [1.807, 2.05) is 25.1 Å². The van der Waals surface area contributed by atoms with Crippen LogP contribution in [-0.2, 0) is 14.3 Å². The molecule has 0 atom stereocenters. The minimum absolute atomic E-state index is 0.157. The maximum atomic E-state index is 12.3. The topological polar surface area (TPSA) is 74.2 Å². The van der Waals surface area contributed by atoms with Crippen LogP contribution in [0.1, 0.15) is 30.9 Å². The number of ether oxygens (including phenoxy) is 3. The van der Waals surface area contributed by atoms with E-state index in [0.717, 1.165) is 8.04 Å². The Balaban J connectivity index is 1.92. The number of carbonyl (C=O) groups excluding carboxylic acids is 2. The fourth-order valence-corrected chi connectivity index (χ4v) is 3.87. The molecule has 0 fully saturated rings. The Morgan fingerprint density at radius 3 is 2.67 bits per heavy atom. The van der Waals surface area contributed by atoms with Crippen molar-refractivity contribution < 1.29 is 23.8 Å². The molecule has 0 aromatic heterocycles. The van der Waals surface area contributed by atoms with Crippen LogP contribution >= 0.6 is 54.5 Å². The highest BCUT2D eigenvalue weighted by molar-refractivity contribution is 14.1. The predicted octanol–water partition coefficient (Wildman–Crippen LogP) is 5.87. The number of hydrogen-bond donors (Lipinski definition) is 0. The number of cyclic esters (lactones) is 1. The molecule has 0 amide bonds. The van der Waals surface area contributed by atoms with E-state index in [9.17, 15) is 9.59 Å². The first-order valence-corrected chi connectivity index (χ1v) is 11.5. The molecule has 30 heavy (non-hydrogen) atoms. The van der Waals surface area contributed by atoms with E-state index in [1.54, 1.807) is 18.2 Å². The fourth-order valence-electron chi connectivity index (χ4n) is 2.61. The van der Waals surface area contributed by atoms with Crippen LogP contribution in [0.4, 0.5) is 0 Å². The van der Waals surface area contributed by atoms with E-state index >= 15 is 0 Å². The first kappa shape index (κ1) is 23.0. The lowest BCUT2D eigenvalue weighted by atomic mass is 10.1. The van der Waals surface area contributed by atoms with Crippen molar-refractivity contribution in [2.24, 2.45) is 4.99 Å². The van der Waals surface area contributed by atoms with Crippen LogP contribution in [0.25, 0.3) is 6.08 Å². The molecule has 6 nitrogen and oxygen atoms in total. The van der Waals surface area contributed by atoms with E-state index in [1.165, 1.54) is 7.11 Å². The number of esters is 2. The first-order valence-electron chi connectivity index (χ1n) is 8.88. The summed E-state index contributed by atoms with van der Waals surface area (Å²) < 4.78 is 18.5. The van der Waals surface area contributed by atoms with Crippen LogP contribution in [0, 0.1) is 3.57 Å². The Hall–Kier alpha value is -1.72. The zero-order chi connectivity index (χ0) is 21.8. The third-order valence-electron chi connectivity index (χ3n) is 4.01. The van der Waals surface area contributed by atoms with Crippen LogP contribution in [0.3, 0.4) is 0 Å². The van der Waals surface area contributed by atoms with Crippen molar-refractivity contribution >= 4 is 78.4 Å². The van der Waals surface area contributed by atoms with Gasteiger partial charge in [-0.15, -0.1) is 0 Å². The van der Waals surface area contributed by atoms with Crippen LogP contribution < -0.4 is 9.47 Å². The number of benzene rings is 2. The van der Waals surface area contributed by atoms with Crippen molar-refractivity contribution in [1.82, 2.24) is 0 Å². The Labute approximate surface area is 204 Å². The number of nitrogens with zero attached hydrogens (tertiary/aromatic N) is 1. The van der Waals surface area contributed by atoms with Gasteiger partial charge >= 0.3 is 11.9 Å². The van der Waals surface area contributed by atoms with Crippen LogP contribution in [0.5, 0.6) is 11.5 Å². The number of hydrogen-bond acceptors (Lipinski definition) is 6. The number of methoxy groups -OCH3 is 1. The van der Waals surface area contributed by atoms with Gasteiger partial charge < -0.3 is 14.2 Å². The van der Waals surface area contributed by atoms with Gasteiger partial charge in [-0.3, -0.25) is 4.79 Å². The maximum absolute atomic E-state index is 12.3. The lowest BCUT2D eigenvalue weighted by Crippen LogP contribution is -2.08. The number of carbonyl (C=O) groups is 2. The normalized spacial score (nSPS) is 14.5. The smallest absolute Gasteiger partial charge is 0.363 e. The van der Waals surface area contributed by atoms with E-state index in [2.05, 4.69) is 59.4 Å². The highest BCUT2D eigenvalue weighted by Gasteiger charge is 2.25. The van der Waals surface area contributed by atoms with Gasteiger partial charge in [0.05, 0.1) is 11.6 Å². The summed E-state index contributed by atoms with van der Waals surface area (Å²) in [5, 5.41) is 0. The first-order chi connectivity index (χ1) is 14.3. The van der Waals surface area contributed by atoms with Gasteiger partial charge in [-0.05, 0) is 103 Å². The molecular formula is C21H16Br2INO5. The maximum Gasteiger partial charge on any atom is 0.363 e. The van der Waals surface area contributed by atoms with Gasteiger partial charge in [0.1, 0.15) is 0 Å². The fraction of sp³-hybridized carbons (Fsp3) is 0.190. The second-order valence-electron chi connectivity index (χ2n) is 6.22. The van der Waals surface area contributed by atoms with Crippen molar-refractivity contribution in [3.8, 4) is 11.5 Å². The summed E-state index contributed by atoms with van der Waals surface area (Å²) in [6.07, 6.45) is 2.57. The molecule has 3 rings (SSSR count). The second kappa shape index (κ2) is 10.1. The van der Waals surface area contributed by atoms with Crippen LogP contribution in [0.15, 0.2) is 50.0 Å². The zero-order valence-electron chi connectivity index (χ0n) is 16.0. The monoisotopic (exact) mass is 647 g/mol. The van der Waals surface area contributed by atoms with E-state index in [4.69, 9.17) is 14.2 Å². The minimum atomic E-state index is -0.548. The Bertz CT molecular complexity index is 1080. The summed E-state index contributed by atoms with van der Waals surface area (Å²) in [6.45, 7) is 1.90. The molecule has 0 unspecified atom stereocenters. The quantitative estimate of drug-likeness (QED) is 0.170. The number of halogens is 3. The summed E-state index contributed by atoms with van der Waals surface area (Å²) in [5.74, 6) is -0.00885. The third-order valence-corrected chi connectivity index (χ3v) is 6.94. The van der Waals surface area contributed by atoms with Gasteiger partial charge in [-0.25, -0.2) is 9.79 Å². The van der Waals surface area contributed by atoms with E-state index < -0.39 is 5.97 Å². The molecule has 0 N–H and O–H groups in total. The largest absolute Gasteiger partial charge is 0.493 e. The molecule has 0 bridgehead atoms. The van der Waals surface area contributed by atoms with Gasteiger partial charge in [0.2, 0.25) is 5.90 Å². The predicted molar refractivity (Wildman–Crippen MR) is 129 cm³/mol. The molecule has 0 saturated heterocycles. The van der Waals surface area contributed by atoms with Crippen LogP contribution in [-0.4, -0.2) is 24.9 Å². The Morgan fingerprint density at radius 1 is 1.23 bits per heavy atom. The van der Waals surface area contributed by atoms with E-state index in [0.29, 0.717) is 39.9 Å². The number of rotatable bonds is 6. The number of aliphatic imine (C=N–C) groups is 1. The highest BCUT2D eigenvalue weighted by atomic mass is 127. The Kier molecular flexibility index (Phi) is 7.70. The zero-order valence-corrected chi connectivity index (χ0v) is 21.3. The molecule has 0 aliphatic carbocycles. The van der Waals surface area contributed by atoms with Gasteiger partial charge in [-0.1, -0.05) is 6.92 Å². The highest BCUT2D eigenvalue weighted by Crippen LogP contribution is 2.38. The summed E-state index contributed by atoms with van der Waals surface area (Å²) in [6, 6.07) is 8.95. The lowest BCUT2D eigenvalue weighted by Gasteiger charge is -2.12. The summed E-state index contributed by atoms with van der Waals surface area (Å²) in [5.41, 5.74) is 1.48. The molecule has 2 aromatic carbocycles. The molecule has 1 aliphatic heterocycles. The molecule has 2 aromatic rings. The summed E-state index contributed by atoms with van der Waals surface area (Å²) in [4.78, 5) is 28.5. The average molecular weight is 649 g/mol. The van der Waals surface area contributed by atoms with Gasteiger partial charge in [0.15, 0.2) is 17.2 Å². The lowest BCUT2D eigenvalue weighted by molar-refractivity contribution is -0.134. The molecule has 156 valence electrons. The van der Waals surface area contributed by atoms with E-state index in [-0.39, 0.29) is 17.6 Å². The van der Waals surface area contributed by atoms with Crippen molar-refractivity contribution in [3.63, 3.8) is 0 Å². The van der Waals surface area contributed by atoms with Crippen molar-refractivity contribution in [3.05, 3.63) is 59.7 Å². The van der Waals surface area contributed by atoms with Crippen molar-refractivity contribution in [2.45, 2.75) is 19.8 Å². The minimum Gasteiger partial charge on any atom is -0.493 e. The summed E-state index contributed by atoms with van der Waals surface area (Å²) in [7, 11) is 1.48. The average Bonchev–Trinajstić information content (AvgIpc) is 3.06. The van der Waals surface area contributed by atoms with Gasteiger partial charge in [0.25, 0.3) is 0 Å². The van der Waals surface area contributed by atoms with Crippen molar-refractivity contribution in [2.75, 3.05) is 7.11 Å². The molecule has 1 aliphatic rings. The standard InChI is InChI=1S/C21H16Br2INO5/c1-3-4-18(26)29-19-14(23)7-11(9-17(19)28-2)8-16-21(27)30-20(25-16)12-5-6-15(24)13(22)10-12/h5-10H,3-4H2,1-2H3. The second-order valence-corrected chi connectivity index (χ2v) is 9.09. The SMILES string of the molecule is CCCC(=O)Oc1c(Br)cc(C=C2N=C(c3ccc(I)c(Br)c3)OC2=O)cc1OC. The van der Waals surface area contributed by atoms with Crippen LogP contribution in [0.2, 0.25) is 0 Å². The third kappa shape index (κ3) is 5.30. The molecular weight excluding hydrogens is 633 g/mol. The van der Waals surface area contributed by atoms with Gasteiger partial charge in [0, 0.05) is 20.0 Å². The molecule has 0 spiro atoms. The Morgan fingerprint density at radius 2 is 2.00 bits per heavy atom. The van der Waals surface area contributed by atoms with Gasteiger partial charge in [-0.2, -0.15) is 0 Å². The molecule has 1 heterocycles. The molecule has 9 heteroatoms. The molecule has 0 saturated carbocycles. The molecule has 0 radical (unpaired) electrons.